The van der Waals surface area contributed by atoms with Crippen LogP contribution in [0.15, 0.2) is 36.4 Å². The Labute approximate surface area is 147 Å². The third-order valence-corrected chi connectivity index (χ3v) is 5.09. The number of ketones is 1. The summed E-state index contributed by atoms with van der Waals surface area (Å²) in [6.07, 6.45) is 7.29. The molecule has 4 heteroatoms. The van der Waals surface area contributed by atoms with Crippen LogP contribution in [-0.4, -0.2) is 29.1 Å². The van der Waals surface area contributed by atoms with E-state index in [-0.39, 0.29) is 11.5 Å². The number of nitrogens with zero attached hydrogens (tertiary/aromatic N) is 1. The minimum Gasteiger partial charge on any atom is -0.508 e. The van der Waals surface area contributed by atoms with Gasteiger partial charge in [0, 0.05) is 35.5 Å². The number of aryl methyl sites for hydroxylation is 1. The first kappa shape index (κ1) is 15.8. The van der Waals surface area contributed by atoms with Gasteiger partial charge in [-0.15, -0.1) is 0 Å². The Kier molecular flexibility index (Phi) is 3.96. The largest absolute Gasteiger partial charge is 0.508 e. The highest BCUT2D eigenvalue weighted by Gasteiger charge is 2.27. The Morgan fingerprint density at radius 1 is 1.04 bits per heavy atom. The number of carbonyl (C=O) groups is 1. The van der Waals surface area contributed by atoms with E-state index in [9.17, 15) is 15.0 Å². The fourth-order valence-corrected chi connectivity index (χ4v) is 3.88. The maximum atomic E-state index is 12.3. The standard InChI is InChI=1S/C21H21NO3/c23-17-8-5-14(6-9-17)19(24)10-7-16-13-15-3-1-11-22-12-2-4-18(20(15)22)21(16)25/h5-10,13,23,25H,1-4,11-12H2/b10-7+. The van der Waals surface area contributed by atoms with Crippen molar-refractivity contribution in [2.75, 3.05) is 18.0 Å². The molecule has 2 aromatic carbocycles. The minimum atomic E-state index is -0.146. The van der Waals surface area contributed by atoms with Crippen molar-refractivity contribution >= 4 is 17.5 Å². The summed E-state index contributed by atoms with van der Waals surface area (Å²) in [4.78, 5) is 14.7. The topological polar surface area (TPSA) is 60.8 Å². The fraction of sp³-hybridized carbons (Fsp3) is 0.286. The van der Waals surface area contributed by atoms with E-state index in [2.05, 4.69) is 4.90 Å². The van der Waals surface area contributed by atoms with Gasteiger partial charge in [0.2, 0.25) is 0 Å². The Bertz CT molecular complexity index is 850. The first-order valence-corrected chi connectivity index (χ1v) is 8.77. The van der Waals surface area contributed by atoms with Crippen LogP contribution in [0.1, 0.15) is 39.9 Å². The first-order chi connectivity index (χ1) is 12.1. The molecular formula is C21H21NO3. The summed E-state index contributed by atoms with van der Waals surface area (Å²) >= 11 is 0. The molecule has 2 aliphatic rings. The number of aromatic hydroxyl groups is 2. The summed E-state index contributed by atoms with van der Waals surface area (Å²) < 4.78 is 0. The molecule has 0 atom stereocenters. The summed E-state index contributed by atoms with van der Waals surface area (Å²) in [6, 6.07) is 8.20. The van der Waals surface area contributed by atoms with Crippen molar-refractivity contribution in [3.05, 3.63) is 58.7 Å². The van der Waals surface area contributed by atoms with Gasteiger partial charge in [0.25, 0.3) is 0 Å². The lowest BCUT2D eigenvalue weighted by atomic mass is 9.89. The third kappa shape index (κ3) is 2.88. The first-order valence-electron chi connectivity index (χ1n) is 8.77. The van der Waals surface area contributed by atoms with Crippen LogP contribution in [0.4, 0.5) is 5.69 Å². The van der Waals surface area contributed by atoms with E-state index < -0.39 is 0 Å². The average molecular weight is 335 g/mol. The van der Waals surface area contributed by atoms with Gasteiger partial charge in [-0.2, -0.15) is 0 Å². The summed E-state index contributed by atoms with van der Waals surface area (Å²) in [7, 11) is 0. The van der Waals surface area contributed by atoms with Gasteiger partial charge in [-0.05, 0) is 73.7 Å². The van der Waals surface area contributed by atoms with Gasteiger partial charge in [0.1, 0.15) is 11.5 Å². The molecule has 2 heterocycles. The number of allylic oxidation sites excluding steroid dienone is 1. The van der Waals surface area contributed by atoms with Crippen LogP contribution in [0.5, 0.6) is 11.5 Å². The number of hydrogen-bond acceptors (Lipinski definition) is 4. The molecule has 0 unspecified atom stereocenters. The molecule has 0 saturated heterocycles. The molecule has 2 aromatic rings. The summed E-state index contributed by atoms with van der Waals surface area (Å²) in [6.45, 7) is 2.13. The predicted molar refractivity (Wildman–Crippen MR) is 98.4 cm³/mol. The molecule has 4 nitrogen and oxygen atoms in total. The van der Waals surface area contributed by atoms with Gasteiger partial charge in [0.05, 0.1) is 0 Å². The van der Waals surface area contributed by atoms with E-state index >= 15 is 0 Å². The molecule has 0 bridgehead atoms. The molecule has 4 rings (SSSR count). The Morgan fingerprint density at radius 2 is 1.76 bits per heavy atom. The van der Waals surface area contributed by atoms with Crippen molar-refractivity contribution in [1.29, 1.82) is 0 Å². The van der Waals surface area contributed by atoms with Crippen LogP contribution in [0.2, 0.25) is 0 Å². The zero-order valence-electron chi connectivity index (χ0n) is 14.0. The lowest BCUT2D eigenvalue weighted by Crippen LogP contribution is -2.34. The smallest absolute Gasteiger partial charge is 0.185 e. The summed E-state index contributed by atoms with van der Waals surface area (Å²) in [5, 5.41) is 20.0. The van der Waals surface area contributed by atoms with E-state index in [1.54, 1.807) is 18.2 Å². The molecule has 2 aliphatic heterocycles. The van der Waals surface area contributed by atoms with E-state index in [1.807, 2.05) is 6.07 Å². The van der Waals surface area contributed by atoms with E-state index in [0.29, 0.717) is 16.9 Å². The molecule has 0 amide bonds. The summed E-state index contributed by atoms with van der Waals surface area (Å²) in [5.74, 6) is 0.295. The Morgan fingerprint density at radius 3 is 2.52 bits per heavy atom. The number of benzene rings is 2. The third-order valence-electron chi connectivity index (χ3n) is 5.09. The molecule has 2 N–H and O–H groups in total. The van der Waals surface area contributed by atoms with Crippen molar-refractivity contribution in [2.24, 2.45) is 0 Å². The molecular weight excluding hydrogens is 314 g/mol. The van der Waals surface area contributed by atoms with Crippen molar-refractivity contribution < 1.29 is 15.0 Å². The van der Waals surface area contributed by atoms with Gasteiger partial charge in [-0.1, -0.05) is 0 Å². The molecule has 0 saturated carbocycles. The zero-order chi connectivity index (χ0) is 17.4. The average Bonchev–Trinajstić information content (AvgIpc) is 2.64. The Hall–Kier alpha value is -2.75. The van der Waals surface area contributed by atoms with Gasteiger partial charge in [-0.25, -0.2) is 0 Å². The van der Waals surface area contributed by atoms with Gasteiger partial charge >= 0.3 is 0 Å². The lowest BCUT2D eigenvalue weighted by Gasteiger charge is -2.37. The monoisotopic (exact) mass is 335 g/mol. The van der Waals surface area contributed by atoms with Crippen LogP contribution in [-0.2, 0) is 12.8 Å². The highest BCUT2D eigenvalue weighted by molar-refractivity contribution is 6.07. The molecule has 0 radical (unpaired) electrons. The second kappa shape index (κ2) is 6.28. The maximum absolute atomic E-state index is 12.3. The maximum Gasteiger partial charge on any atom is 0.185 e. The second-order valence-corrected chi connectivity index (χ2v) is 6.74. The zero-order valence-corrected chi connectivity index (χ0v) is 14.0. The number of carbonyl (C=O) groups excluding carboxylic acids is 1. The van der Waals surface area contributed by atoms with Crippen molar-refractivity contribution in [1.82, 2.24) is 0 Å². The van der Waals surface area contributed by atoms with Gasteiger partial charge < -0.3 is 15.1 Å². The summed E-state index contributed by atoms with van der Waals surface area (Å²) in [5.41, 5.74) is 4.75. The van der Waals surface area contributed by atoms with Crippen LogP contribution in [0, 0.1) is 0 Å². The second-order valence-electron chi connectivity index (χ2n) is 6.74. The minimum absolute atomic E-state index is 0.136. The molecule has 0 spiro atoms. The van der Waals surface area contributed by atoms with Crippen LogP contribution >= 0.6 is 0 Å². The van der Waals surface area contributed by atoms with Crippen LogP contribution in [0.25, 0.3) is 6.08 Å². The Balaban J connectivity index is 1.67. The van der Waals surface area contributed by atoms with Crippen molar-refractivity contribution in [2.45, 2.75) is 25.7 Å². The van der Waals surface area contributed by atoms with Crippen LogP contribution in [0.3, 0.4) is 0 Å². The highest BCUT2D eigenvalue weighted by atomic mass is 16.3. The SMILES string of the molecule is O=C(/C=C/c1cc2c3c(c1O)CCCN3CCC2)c1ccc(O)cc1. The van der Waals surface area contributed by atoms with E-state index in [4.69, 9.17) is 0 Å². The highest BCUT2D eigenvalue weighted by Crippen LogP contribution is 2.42. The fourth-order valence-electron chi connectivity index (χ4n) is 3.88. The molecule has 0 fully saturated rings. The van der Waals surface area contributed by atoms with Gasteiger partial charge in [-0.3, -0.25) is 4.79 Å². The number of hydrogen-bond donors (Lipinski definition) is 2. The quantitative estimate of drug-likeness (QED) is 0.663. The number of phenolic OH excluding ortho intramolecular Hbond substituents is 2. The van der Waals surface area contributed by atoms with Crippen LogP contribution < -0.4 is 4.90 Å². The molecule has 0 aliphatic carbocycles. The molecule has 0 aromatic heterocycles. The number of phenols is 2. The number of rotatable bonds is 3. The van der Waals surface area contributed by atoms with Gasteiger partial charge in [0.15, 0.2) is 5.78 Å². The molecule has 128 valence electrons. The normalized spacial score (nSPS) is 16.1. The molecule has 25 heavy (non-hydrogen) atoms. The lowest BCUT2D eigenvalue weighted by molar-refractivity contribution is 0.104. The van der Waals surface area contributed by atoms with E-state index in [1.165, 1.54) is 29.5 Å². The van der Waals surface area contributed by atoms with E-state index in [0.717, 1.165) is 44.3 Å². The van der Waals surface area contributed by atoms with Crippen molar-refractivity contribution in [3.63, 3.8) is 0 Å². The predicted octanol–water partition coefficient (Wildman–Crippen LogP) is 3.69. The number of anilines is 1. The van der Waals surface area contributed by atoms with Crippen molar-refractivity contribution in [3.8, 4) is 11.5 Å².